The summed E-state index contributed by atoms with van der Waals surface area (Å²) in [4.78, 5) is 26.3. The first-order valence-electron chi connectivity index (χ1n) is 8.80. The van der Waals surface area contributed by atoms with Crippen LogP contribution in [0.15, 0.2) is 48.5 Å². The zero-order chi connectivity index (χ0) is 18.4. The number of urea groups is 1. The molecule has 0 radical (unpaired) electrons. The van der Waals surface area contributed by atoms with E-state index in [0.29, 0.717) is 22.8 Å². The van der Waals surface area contributed by atoms with Crippen LogP contribution in [0.1, 0.15) is 24.8 Å². The third kappa shape index (κ3) is 5.23. The first kappa shape index (κ1) is 18.3. The van der Waals surface area contributed by atoms with Crippen molar-refractivity contribution in [2.75, 3.05) is 23.7 Å². The van der Waals surface area contributed by atoms with Crippen molar-refractivity contribution < 1.29 is 9.59 Å². The number of carbonyl (C=O) groups excluding carboxylic acids is 2. The molecule has 136 valence electrons. The van der Waals surface area contributed by atoms with Crippen LogP contribution in [0.25, 0.3) is 0 Å². The van der Waals surface area contributed by atoms with Crippen molar-refractivity contribution in [2.45, 2.75) is 25.7 Å². The summed E-state index contributed by atoms with van der Waals surface area (Å²) >= 11 is 5.82. The molecule has 0 unspecified atom stereocenters. The van der Waals surface area contributed by atoms with Crippen LogP contribution >= 0.6 is 11.6 Å². The Morgan fingerprint density at radius 3 is 1.96 bits per heavy atom. The second-order valence-electron chi connectivity index (χ2n) is 6.40. The Bertz CT molecular complexity index is 754. The number of halogens is 1. The highest BCUT2D eigenvalue weighted by atomic mass is 35.5. The highest BCUT2D eigenvalue weighted by molar-refractivity contribution is 6.30. The number of carbonyl (C=O) groups is 2. The topological polar surface area (TPSA) is 61.4 Å². The highest BCUT2D eigenvalue weighted by Crippen LogP contribution is 2.16. The number of hydrogen-bond donors (Lipinski definition) is 2. The zero-order valence-electron chi connectivity index (χ0n) is 14.5. The number of piperidine rings is 1. The van der Waals surface area contributed by atoms with Gasteiger partial charge in [-0.3, -0.25) is 4.79 Å². The maximum absolute atomic E-state index is 12.3. The predicted octanol–water partition coefficient (Wildman–Crippen LogP) is 4.54. The molecule has 1 heterocycles. The van der Waals surface area contributed by atoms with Crippen LogP contribution in [0.4, 0.5) is 16.2 Å². The minimum Gasteiger partial charge on any atom is -0.342 e. The van der Waals surface area contributed by atoms with E-state index in [1.807, 2.05) is 17.0 Å². The van der Waals surface area contributed by atoms with Gasteiger partial charge < -0.3 is 15.5 Å². The molecule has 0 aromatic heterocycles. The van der Waals surface area contributed by atoms with Crippen LogP contribution < -0.4 is 10.6 Å². The summed E-state index contributed by atoms with van der Waals surface area (Å²) in [7, 11) is 0. The van der Waals surface area contributed by atoms with Crippen LogP contribution in [-0.2, 0) is 11.2 Å². The quantitative estimate of drug-likeness (QED) is 0.828. The highest BCUT2D eigenvalue weighted by Gasteiger charge is 2.16. The average Bonchev–Trinajstić information content (AvgIpc) is 2.66. The van der Waals surface area contributed by atoms with E-state index in [1.54, 1.807) is 36.4 Å². The van der Waals surface area contributed by atoms with Gasteiger partial charge in [0.05, 0.1) is 6.42 Å². The molecule has 1 aliphatic heterocycles. The maximum atomic E-state index is 12.3. The van der Waals surface area contributed by atoms with E-state index in [9.17, 15) is 9.59 Å². The third-order valence-electron chi connectivity index (χ3n) is 4.38. The van der Waals surface area contributed by atoms with Gasteiger partial charge in [0.2, 0.25) is 5.91 Å². The standard InChI is InChI=1S/C20H22ClN3O2/c21-16-6-10-18(11-7-16)23-20(26)22-17-8-4-15(5-9-17)14-19(25)24-12-2-1-3-13-24/h4-11H,1-3,12-14H2,(H2,22,23,26). The Balaban J connectivity index is 1.51. The van der Waals surface area contributed by atoms with Crippen molar-refractivity contribution in [1.82, 2.24) is 4.90 Å². The lowest BCUT2D eigenvalue weighted by atomic mass is 10.1. The molecule has 1 fully saturated rings. The number of rotatable bonds is 4. The van der Waals surface area contributed by atoms with Crippen LogP contribution in [0.5, 0.6) is 0 Å². The Kier molecular flexibility index (Phi) is 6.12. The number of nitrogens with one attached hydrogen (secondary N) is 2. The number of hydrogen-bond acceptors (Lipinski definition) is 2. The van der Waals surface area contributed by atoms with E-state index in [0.717, 1.165) is 31.5 Å². The molecule has 0 atom stereocenters. The molecule has 2 N–H and O–H groups in total. The van der Waals surface area contributed by atoms with Gasteiger partial charge >= 0.3 is 6.03 Å². The Morgan fingerprint density at radius 2 is 1.38 bits per heavy atom. The van der Waals surface area contributed by atoms with Gasteiger partial charge in [-0.25, -0.2) is 4.79 Å². The van der Waals surface area contributed by atoms with E-state index in [1.165, 1.54) is 6.42 Å². The number of benzene rings is 2. The summed E-state index contributed by atoms with van der Waals surface area (Å²) in [5, 5.41) is 6.12. The molecule has 26 heavy (non-hydrogen) atoms. The molecule has 1 saturated heterocycles. The molecule has 3 rings (SSSR count). The summed E-state index contributed by atoms with van der Waals surface area (Å²) in [5.41, 5.74) is 2.28. The van der Waals surface area contributed by atoms with Crippen LogP contribution in [0.2, 0.25) is 5.02 Å². The lowest BCUT2D eigenvalue weighted by molar-refractivity contribution is -0.131. The van der Waals surface area contributed by atoms with Gasteiger partial charge in [0, 0.05) is 29.5 Å². The predicted molar refractivity (Wildman–Crippen MR) is 105 cm³/mol. The summed E-state index contributed by atoms with van der Waals surface area (Å²) in [6.07, 6.45) is 3.80. The van der Waals surface area contributed by atoms with Crippen LogP contribution in [0, 0.1) is 0 Å². The molecular formula is C20H22ClN3O2. The van der Waals surface area contributed by atoms with Crippen molar-refractivity contribution >= 4 is 34.9 Å². The molecule has 1 aliphatic rings. The lowest BCUT2D eigenvalue weighted by Gasteiger charge is -2.26. The van der Waals surface area contributed by atoms with Crippen LogP contribution in [0.3, 0.4) is 0 Å². The van der Waals surface area contributed by atoms with Crippen molar-refractivity contribution in [3.8, 4) is 0 Å². The fourth-order valence-corrected chi connectivity index (χ4v) is 3.09. The SMILES string of the molecule is O=C(Nc1ccc(Cl)cc1)Nc1ccc(CC(=O)N2CCCCC2)cc1. The summed E-state index contributed by atoms with van der Waals surface area (Å²) in [6, 6.07) is 13.9. The van der Waals surface area contributed by atoms with Gasteiger partial charge in [-0.1, -0.05) is 23.7 Å². The largest absolute Gasteiger partial charge is 0.342 e. The fourth-order valence-electron chi connectivity index (χ4n) is 2.96. The smallest absolute Gasteiger partial charge is 0.323 e. The molecule has 5 nitrogen and oxygen atoms in total. The second kappa shape index (κ2) is 8.72. The van der Waals surface area contributed by atoms with Gasteiger partial charge in [-0.05, 0) is 61.2 Å². The van der Waals surface area contributed by atoms with Crippen molar-refractivity contribution in [3.05, 3.63) is 59.1 Å². The molecule has 6 heteroatoms. The summed E-state index contributed by atoms with van der Waals surface area (Å²) in [5.74, 6) is 0.172. The van der Waals surface area contributed by atoms with E-state index in [-0.39, 0.29) is 11.9 Å². The first-order chi connectivity index (χ1) is 12.6. The number of anilines is 2. The van der Waals surface area contributed by atoms with Gasteiger partial charge in [-0.2, -0.15) is 0 Å². The monoisotopic (exact) mass is 371 g/mol. The second-order valence-corrected chi connectivity index (χ2v) is 6.84. The average molecular weight is 372 g/mol. The van der Waals surface area contributed by atoms with Gasteiger partial charge in [-0.15, -0.1) is 0 Å². The first-order valence-corrected chi connectivity index (χ1v) is 9.18. The Hall–Kier alpha value is -2.53. The number of nitrogens with zero attached hydrogens (tertiary/aromatic N) is 1. The zero-order valence-corrected chi connectivity index (χ0v) is 15.3. The normalized spacial score (nSPS) is 14.0. The molecule has 0 saturated carbocycles. The number of likely N-dealkylation sites (tertiary alicyclic amines) is 1. The molecule has 0 bridgehead atoms. The Morgan fingerprint density at radius 1 is 0.846 bits per heavy atom. The van der Waals surface area contributed by atoms with E-state index < -0.39 is 0 Å². The Labute approximate surface area is 158 Å². The molecule has 0 spiro atoms. The minimum atomic E-state index is -0.329. The van der Waals surface area contributed by atoms with E-state index >= 15 is 0 Å². The van der Waals surface area contributed by atoms with Crippen molar-refractivity contribution in [1.29, 1.82) is 0 Å². The van der Waals surface area contributed by atoms with Gasteiger partial charge in [0.1, 0.15) is 0 Å². The lowest BCUT2D eigenvalue weighted by Crippen LogP contribution is -2.36. The fraction of sp³-hybridized carbons (Fsp3) is 0.300. The molecular weight excluding hydrogens is 350 g/mol. The van der Waals surface area contributed by atoms with E-state index in [2.05, 4.69) is 10.6 Å². The van der Waals surface area contributed by atoms with Crippen molar-refractivity contribution in [2.24, 2.45) is 0 Å². The summed E-state index contributed by atoms with van der Waals surface area (Å²) < 4.78 is 0. The van der Waals surface area contributed by atoms with Crippen molar-refractivity contribution in [3.63, 3.8) is 0 Å². The molecule has 2 aromatic rings. The minimum absolute atomic E-state index is 0.172. The number of amides is 3. The molecule has 0 aliphatic carbocycles. The van der Waals surface area contributed by atoms with Gasteiger partial charge in [0.25, 0.3) is 0 Å². The maximum Gasteiger partial charge on any atom is 0.323 e. The van der Waals surface area contributed by atoms with Crippen LogP contribution in [-0.4, -0.2) is 29.9 Å². The molecule has 2 aromatic carbocycles. The third-order valence-corrected chi connectivity index (χ3v) is 4.63. The summed E-state index contributed by atoms with van der Waals surface area (Å²) in [6.45, 7) is 1.73. The molecule has 3 amide bonds. The van der Waals surface area contributed by atoms with Gasteiger partial charge in [0.15, 0.2) is 0 Å². The van der Waals surface area contributed by atoms with E-state index in [4.69, 9.17) is 11.6 Å².